The van der Waals surface area contributed by atoms with Gasteiger partial charge in [0.15, 0.2) is 0 Å². The van der Waals surface area contributed by atoms with Crippen LogP contribution in [0.2, 0.25) is 0 Å². The molecule has 0 bridgehead atoms. The number of imidazole rings is 1. The minimum atomic E-state index is -1.30. The molecule has 4 rings (SSSR count). The molecule has 0 spiro atoms. The lowest BCUT2D eigenvalue weighted by molar-refractivity contribution is -0.146. The van der Waals surface area contributed by atoms with Crippen LogP contribution in [0.4, 0.5) is 4.79 Å². The van der Waals surface area contributed by atoms with Gasteiger partial charge in [-0.05, 0) is 68.3 Å². The Morgan fingerprint density at radius 3 is 1.92 bits per heavy atom. The van der Waals surface area contributed by atoms with E-state index in [1.54, 1.807) is 14.2 Å². The third-order valence-electron chi connectivity index (χ3n) is 7.01. The highest BCUT2D eigenvalue weighted by molar-refractivity contribution is 5.85. The maximum atomic E-state index is 12.9. The molecule has 1 aromatic heterocycles. The van der Waals surface area contributed by atoms with E-state index in [0.29, 0.717) is 34.6 Å². The lowest BCUT2D eigenvalue weighted by Crippen LogP contribution is -2.52. The number of rotatable bonds is 7. The van der Waals surface area contributed by atoms with Gasteiger partial charge in [0.05, 0.1) is 25.6 Å². The van der Waals surface area contributed by atoms with Crippen molar-refractivity contribution in [3.05, 3.63) is 54.4 Å². The molecule has 1 aliphatic rings. The minimum Gasteiger partial charge on any atom is -0.497 e. The lowest BCUT2D eigenvalue weighted by atomic mass is 9.77. The average molecular weight is 509 g/mol. The van der Waals surface area contributed by atoms with Gasteiger partial charge in [-0.3, -0.25) is 10.0 Å². The Hall–Kier alpha value is -4.05. The van der Waals surface area contributed by atoms with Crippen molar-refractivity contribution in [2.24, 2.45) is 0 Å². The van der Waals surface area contributed by atoms with Crippen LogP contribution in [-0.2, 0) is 16.8 Å². The van der Waals surface area contributed by atoms with E-state index in [1.807, 2.05) is 60.0 Å². The number of benzene rings is 2. The predicted octanol–water partition coefficient (Wildman–Crippen LogP) is 4.11. The number of methoxy groups -OCH3 is 2. The Morgan fingerprint density at radius 2 is 1.49 bits per heavy atom. The van der Waals surface area contributed by atoms with Crippen LogP contribution >= 0.6 is 0 Å². The van der Waals surface area contributed by atoms with Crippen molar-refractivity contribution < 1.29 is 29.4 Å². The summed E-state index contributed by atoms with van der Waals surface area (Å²) in [6, 6.07) is 14.5. The molecule has 3 aromatic rings. The highest BCUT2D eigenvalue weighted by Crippen LogP contribution is 2.42. The van der Waals surface area contributed by atoms with Gasteiger partial charge in [0.2, 0.25) is 0 Å². The highest BCUT2D eigenvalue weighted by atomic mass is 16.5. The minimum absolute atomic E-state index is 0.170. The number of carbonyl (C=O) groups excluding carboxylic acids is 1. The number of carboxylic acid groups (broad SMARTS) is 1. The third kappa shape index (κ3) is 4.72. The number of urea groups is 1. The Kier molecular flexibility index (Phi) is 7.40. The molecular weight excluding hydrogens is 476 g/mol. The van der Waals surface area contributed by atoms with Gasteiger partial charge in [0, 0.05) is 37.8 Å². The SMILES string of the molecule is CCn1c(C2(C(=O)O)CCN(C(=O)N(C)O)CC2)nc(-c2ccc(OC)cc2)c1-c1ccc(OC)cc1. The monoisotopic (exact) mass is 508 g/mol. The first-order chi connectivity index (χ1) is 17.7. The van der Waals surface area contributed by atoms with Crippen LogP contribution < -0.4 is 9.47 Å². The molecule has 0 radical (unpaired) electrons. The fourth-order valence-corrected chi connectivity index (χ4v) is 4.94. The number of aliphatic carboxylic acids is 1. The number of hydroxylamine groups is 2. The lowest BCUT2D eigenvalue weighted by Gasteiger charge is -2.39. The molecule has 10 nitrogen and oxygen atoms in total. The Morgan fingerprint density at radius 1 is 0.973 bits per heavy atom. The number of carbonyl (C=O) groups is 2. The van der Waals surface area contributed by atoms with Crippen molar-refractivity contribution in [1.82, 2.24) is 19.5 Å². The largest absolute Gasteiger partial charge is 0.497 e. The van der Waals surface area contributed by atoms with Gasteiger partial charge in [0.25, 0.3) is 0 Å². The van der Waals surface area contributed by atoms with Crippen molar-refractivity contribution in [2.75, 3.05) is 34.4 Å². The summed E-state index contributed by atoms with van der Waals surface area (Å²) in [5, 5.41) is 20.6. The molecular formula is C27H32N4O6. The molecule has 1 fully saturated rings. The van der Waals surface area contributed by atoms with Crippen LogP contribution in [0, 0.1) is 0 Å². The standard InChI is InChI=1S/C27H32N4O6/c1-5-31-23(19-8-12-21(37-4)13-9-19)22(18-6-10-20(36-3)11-7-18)28-24(31)27(25(32)33)14-16-30(17-15-27)26(34)29(2)35/h6-13,35H,5,14-17H2,1-4H3,(H,32,33). The smallest absolute Gasteiger partial charge is 0.343 e. The Bertz CT molecular complexity index is 1260. The second-order valence-electron chi connectivity index (χ2n) is 9.01. The summed E-state index contributed by atoms with van der Waals surface area (Å²) in [7, 11) is 4.46. The van der Waals surface area contributed by atoms with Gasteiger partial charge >= 0.3 is 12.0 Å². The maximum absolute atomic E-state index is 12.9. The van der Waals surface area contributed by atoms with Gasteiger partial charge < -0.3 is 24.0 Å². The van der Waals surface area contributed by atoms with Crippen molar-refractivity contribution in [3.8, 4) is 34.0 Å². The first kappa shape index (κ1) is 26.0. The van der Waals surface area contributed by atoms with E-state index in [1.165, 1.54) is 11.9 Å². The summed E-state index contributed by atoms with van der Waals surface area (Å²) < 4.78 is 12.6. The van der Waals surface area contributed by atoms with Gasteiger partial charge in [-0.2, -0.15) is 0 Å². The molecule has 196 valence electrons. The summed E-state index contributed by atoms with van der Waals surface area (Å²) in [6.45, 7) is 2.83. The number of nitrogens with zero attached hydrogens (tertiary/aromatic N) is 4. The zero-order valence-corrected chi connectivity index (χ0v) is 21.5. The topological polar surface area (TPSA) is 117 Å². The van der Waals surface area contributed by atoms with E-state index < -0.39 is 17.4 Å². The molecule has 0 unspecified atom stereocenters. The van der Waals surface area contributed by atoms with E-state index >= 15 is 0 Å². The molecule has 1 aliphatic heterocycles. The summed E-state index contributed by atoms with van der Waals surface area (Å²) >= 11 is 0. The Labute approximate surface area is 215 Å². The van der Waals surface area contributed by atoms with Gasteiger partial charge in [0.1, 0.15) is 22.7 Å². The van der Waals surface area contributed by atoms with Crippen molar-refractivity contribution >= 4 is 12.0 Å². The normalized spacial score (nSPS) is 14.8. The number of amides is 2. The molecule has 2 amide bonds. The number of piperidine rings is 1. The average Bonchev–Trinajstić information content (AvgIpc) is 3.32. The second kappa shape index (κ2) is 10.5. The maximum Gasteiger partial charge on any atom is 0.343 e. The summed E-state index contributed by atoms with van der Waals surface area (Å²) in [6.07, 6.45) is 0.339. The van der Waals surface area contributed by atoms with Gasteiger partial charge in [-0.15, -0.1) is 0 Å². The molecule has 2 aromatic carbocycles. The van der Waals surface area contributed by atoms with E-state index in [2.05, 4.69) is 0 Å². The number of ether oxygens (including phenoxy) is 2. The van der Waals surface area contributed by atoms with Crippen LogP contribution in [-0.4, -0.2) is 76.2 Å². The molecule has 10 heteroatoms. The van der Waals surface area contributed by atoms with Crippen molar-refractivity contribution in [2.45, 2.75) is 31.7 Å². The molecule has 37 heavy (non-hydrogen) atoms. The van der Waals surface area contributed by atoms with E-state index in [9.17, 15) is 19.9 Å². The number of hydrogen-bond donors (Lipinski definition) is 2. The van der Waals surface area contributed by atoms with Crippen LogP contribution in [0.5, 0.6) is 11.5 Å². The van der Waals surface area contributed by atoms with Crippen LogP contribution in [0.1, 0.15) is 25.6 Å². The molecule has 0 saturated carbocycles. The second-order valence-corrected chi connectivity index (χ2v) is 9.01. The summed E-state index contributed by atoms with van der Waals surface area (Å²) in [5.41, 5.74) is 1.88. The fraction of sp³-hybridized carbons (Fsp3) is 0.370. The summed E-state index contributed by atoms with van der Waals surface area (Å²) in [4.78, 5) is 31.6. The fourth-order valence-electron chi connectivity index (χ4n) is 4.94. The molecule has 2 N–H and O–H groups in total. The molecule has 0 atom stereocenters. The summed E-state index contributed by atoms with van der Waals surface area (Å²) in [5.74, 6) is 0.881. The predicted molar refractivity (Wildman–Crippen MR) is 137 cm³/mol. The quantitative estimate of drug-likeness (QED) is 0.364. The number of carboxylic acids is 1. The van der Waals surface area contributed by atoms with E-state index in [-0.39, 0.29) is 25.9 Å². The van der Waals surface area contributed by atoms with E-state index in [4.69, 9.17) is 14.5 Å². The van der Waals surface area contributed by atoms with Gasteiger partial charge in [-0.25, -0.2) is 14.8 Å². The van der Waals surface area contributed by atoms with Crippen LogP contribution in [0.25, 0.3) is 22.5 Å². The number of likely N-dealkylation sites (tertiary alicyclic amines) is 1. The Balaban J connectivity index is 1.88. The number of hydrogen-bond acceptors (Lipinski definition) is 6. The first-order valence-corrected chi connectivity index (χ1v) is 12.1. The van der Waals surface area contributed by atoms with Crippen molar-refractivity contribution in [1.29, 1.82) is 0 Å². The van der Waals surface area contributed by atoms with Crippen LogP contribution in [0.15, 0.2) is 48.5 Å². The molecule has 2 heterocycles. The zero-order chi connectivity index (χ0) is 26.7. The zero-order valence-electron chi connectivity index (χ0n) is 21.5. The van der Waals surface area contributed by atoms with Crippen molar-refractivity contribution in [3.63, 3.8) is 0 Å². The molecule has 0 aliphatic carbocycles. The molecule has 1 saturated heterocycles. The highest BCUT2D eigenvalue weighted by Gasteiger charge is 2.48. The number of aromatic nitrogens is 2. The first-order valence-electron chi connectivity index (χ1n) is 12.1. The van der Waals surface area contributed by atoms with E-state index in [0.717, 1.165) is 16.8 Å². The third-order valence-corrected chi connectivity index (χ3v) is 7.01. The van der Waals surface area contributed by atoms with Gasteiger partial charge in [-0.1, -0.05) is 0 Å². The van der Waals surface area contributed by atoms with Crippen LogP contribution in [0.3, 0.4) is 0 Å².